The van der Waals surface area contributed by atoms with E-state index in [1.54, 1.807) is 28.1 Å². The van der Waals surface area contributed by atoms with Crippen LogP contribution in [0.1, 0.15) is 24.3 Å². The number of aromatic nitrogens is 1. The summed E-state index contributed by atoms with van der Waals surface area (Å²) in [5.41, 5.74) is 0.587. The van der Waals surface area contributed by atoms with Crippen molar-refractivity contribution in [2.75, 3.05) is 39.3 Å². The summed E-state index contributed by atoms with van der Waals surface area (Å²) >= 11 is 0. The van der Waals surface area contributed by atoms with E-state index in [0.29, 0.717) is 45.0 Å². The van der Waals surface area contributed by atoms with Gasteiger partial charge in [0, 0.05) is 45.5 Å². The molecule has 1 aliphatic heterocycles. The highest BCUT2D eigenvalue weighted by atomic mass is 16.5. The van der Waals surface area contributed by atoms with Crippen LogP contribution in [0.3, 0.4) is 0 Å². The average molecular weight is 308 g/mol. The summed E-state index contributed by atoms with van der Waals surface area (Å²) in [4.78, 5) is 30.7. The lowest BCUT2D eigenvalue weighted by atomic mass is 10.3. The summed E-state index contributed by atoms with van der Waals surface area (Å²) in [6.07, 6.45) is 1.74. The van der Waals surface area contributed by atoms with Gasteiger partial charge in [0.15, 0.2) is 0 Å². The van der Waals surface area contributed by atoms with Crippen LogP contribution >= 0.6 is 0 Å². The van der Waals surface area contributed by atoms with Crippen LogP contribution in [0.15, 0.2) is 18.3 Å². The van der Waals surface area contributed by atoms with Gasteiger partial charge in [-0.25, -0.2) is 4.79 Å². The number of hydrogen-bond acceptors (Lipinski definition) is 3. The second kappa shape index (κ2) is 7.84. The lowest BCUT2D eigenvalue weighted by Crippen LogP contribution is -2.53. The zero-order valence-corrected chi connectivity index (χ0v) is 13.2. The van der Waals surface area contributed by atoms with Gasteiger partial charge >= 0.3 is 6.03 Å². The minimum absolute atomic E-state index is 0.00435. The molecule has 7 nitrogen and oxygen atoms in total. The number of aromatic amines is 1. The molecule has 0 radical (unpaired) electrons. The van der Waals surface area contributed by atoms with Crippen LogP contribution in [-0.2, 0) is 4.74 Å². The van der Waals surface area contributed by atoms with Crippen molar-refractivity contribution in [1.82, 2.24) is 20.1 Å². The Bertz CT molecular complexity index is 481. The van der Waals surface area contributed by atoms with E-state index in [2.05, 4.69) is 10.3 Å². The standard InChI is InChI=1S/C15H24N4O3/c1-3-22-12(2)11-17-15(21)19-9-7-18(8-10-19)14(20)13-5-4-6-16-13/h4-6,12,16H,3,7-11H2,1-2H3,(H,17,21)/t12-/m0/s1. The van der Waals surface area contributed by atoms with E-state index in [1.807, 2.05) is 13.8 Å². The predicted molar refractivity (Wildman–Crippen MR) is 82.8 cm³/mol. The van der Waals surface area contributed by atoms with Crippen LogP contribution in [-0.4, -0.2) is 72.2 Å². The number of nitrogens with zero attached hydrogens (tertiary/aromatic N) is 2. The Morgan fingerprint density at radius 3 is 2.59 bits per heavy atom. The number of nitrogens with one attached hydrogen (secondary N) is 2. The van der Waals surface area contributed by atoms with Gasteiger partial charge in [0.2, 0.25) is 0 Å². The Kier molecular flexibility index (Phi) is 5.83. The first-order valence-electron chi connectivity index (χ1n) is 7.69. The molecule has 1 saturated heterocycles. The number of carbonyl (C=O) groups is 2. The van der Waals surface area contributed by atoms with Crippen molar-refractivity contribution in [2.24, 2.45) is 0 Å². The molecule has 2 heterocycles. The number of amides is 3. The van der Waals surface area contributed by atoms with Crippen LogP contribution in [0.4, 0.5) is 4.79 Å². The fraction of sp³-hybridized carbons (Fsp3) is 0.600. The number of ether oxygens (including phenoxy) is 1. The monoisotopic (exact) mass is 308 g/mol. The quantitative estimate of drug-likeness (QED) is 0.848. The molecule has 0 saturated carbocycles. The third-order valence-electron chi connectivity index (χ3n) is 3.67. The summed E-state index contributed by atoms with van der Waals surface area (Å²) < 4.78 is 5.38. The van der Waals surface area contributed by atoms with Crippen molar-refractivity contribution < 1.29 is 14.3 Å². The predicted octanol–water partition coefficient (Wildman–Crippen LogP) is 0.907. The van der Waals surface area contributed by atoms with Crippen LogP contribution in [0, 0.1) is 0 Å². The summed E-state index contributed by atoms with van der Waals surface area (Å²) in [6.45, 7) is 7.17. The SMILES string of the molecule is CCO[C@@H](C)CNC(=O)N1CCN(C(=O)c2ccc[nH]2)CC1. The molecule has 0 aromatic carbocycles. The van der Waals surface area contributed by atoms with Gasteiger partial charge in [-0.3, -0.25) is 4.79 Å². The van der Waals surface area contributed by atoms with Gasteiger partial charge in [0.1, 0.15) is 5.69 Å². The van der Waals surface area contributed by atoms with Gasteiger partial charge in [-0.1, -0.05) is 0 Å². The second-order valence-corrected chi connectivity index (χ2v) is 5.32. The van der Waals surface area contributed by atoms with Crippen molar-refractivity contribution in [3.63, 3.8) is 0 Å². The summed E-state index contributed by atoms with van der Waals surface area (Å²) in [7, 11) is 0. The van der Waals surface area contributed by atoms with Crippen molar-refractivity contribution in [3.05, 3.63) is 24.0 Å². The van der Waals surface area contributed by atoms with Crippen LogP contribution in [0.5, 0.6) is 0 Å². The molecule has 2 rings (SSSR count). The highest BCUT2D eigenvalue weighted by Crippen LogP contribution is 2.07. The maximum absolute atomic E-state index is 12.2. The zero-order chi connectivity index (χ0) is 15.9. The minimum atomic E-state index is -0.0986. The number of carbonyl (C=O) groups excluding carboxylic acids is 2. The molecular weight excluding hydrogens is 284 g/mol. The van der Waals surface area contributed by atoms with Gasteiger partial charge in [0.05, 0.1) is 6.10 Å². The van der Waals surface area contributed by atoms with Gasteiger partial charge in [-0.15, -0.1) is 0 Å². The van der Waals surface area contributed by atoms with E-state index in [9.17, 15) is 9.59 Å². The Labute approximate surface area is 130 Å². The highest BCUT2D eigenvalue weighted by molar-refractivity contribution is 5.92. The molecular formula is C15H24N4O3. The molecule has 7 heteroatoms. The van der Waals surface area contributed by atoms with E-state index >= 15 is 0 Å². The molecule has 1 atom stereocenters. The largest absolute Gasteiger partial charge is 0.377 e. The number of urea groups is 1. The lowest BCUT2D eigenvalue weighted by Gasteiger charge is -2.34. The first-order chi connectivity index (χ1) is 10.6. The molecule has 1 fully saturated rings. The Morgan fingerprint density at radius 1 is 1.32 bits per heavy atom. The molecule has 0 spiro atoms. The Hall–Kier alpha value is -2.02. The summed E-state index contributed by atoms with van der Waals surface area (Å²) in [6, 6.07) is 3.46. The molecule has 2 N–H and O–H groups in total. The van der Waals surface area contributed by atoms with Crippen molar-refractivity contribution in [3.8, 4) is 0 Å². The van der Waals surface area contributed by atoms with Crippen molar-refractivity contribution in [1.29, 1.82) is 0 Å². The van der Waals surface area contributed by atoms with Crippen LogP contribution < -0.4 is 5.32 Å². The second-order valence-electron chi connectivity index (χ2n) is 5.32. The van der Waals surface area contributed by atoms with E-state index in [-0.39, 0.29) is 18.0 Å². The zero-order valence-electron chi connectivity index (χ0n) is 13.2. The molecule has 1 aromatic rings. The van der Waals surface area contributed by atoms with E-state index in [1.165, 1.54) is 0 Å². The molecule has 22 heavy (non-hydrogen) atoms. The van der Waals surface area contributed by atoms with Gasteiger partial charge in [0.25, 0.3) is 5.91 Å². The molecule has 122 valence electrons. The van der Waals surface area contributed by atoms with Crippen molar-refractivity contribution >= 4 is 11.9 Å². The topological polar surface area (TPSA) is 77.7 Å². The minimum Gasteiger partial charge on any atom is -0.377 e. The molecule has 3 amide bonds. The maximum Gasteiger partial charge on any atom is 0.317 e. The molecule has 0 bridgehead atoms. The smallest absolute Gasteiger partial charge is 0.317 e. The van der Waals surface area contributed by atoms with E-state index < -0.39 is 0 Å². The maximum atomic E-state index is 12.2. The lowest BCUT2D eigenvalue weighted by molar-refractivity contribution is 0.0641. The fourth-order valence-electron chi connectivity index (χ4n) is 2.43. The number of rotatable bonds is 5. The van der Waals surface area contributed by atoms with Crippen LogP contribution in [0.25, 0.3) is 0 Å². The van der Waals surface area contributed by atoms with Gasteiger partial charge < -0.3 is 24.8 Å². The third-order valence-corrected chi connectivity index (χ3v) is 3.67. The normalized spacial score (nSPS) is 16.5. The summed E-state index contributed by atoms with van der Waals surface area (Å²) in [5, 5.41) is 2.86. The first-order valence-corrected chi connectivity index (χ1v) is 7.69. The number of H-pyrrole nitrogens is 1. The summed E-state index contributed by atoms with van der Waals surface area (Å²) in [5.74, 6) is -0.0185. The van der Waals surface area contributed by atoms with E-state index in [0.717, 1.165) is 0 Å². The first kappa shape index (κ1) is 16.4. The Balaban J connectivity index is 1.74. The van der Waals surface area contributed by atoms with Gasteiger partial charge in [-0.05, 0) is 26.0 Å². The number of hydrogen-bond donors (Lipinski definition) is 2. The highest BCUT2D eigenvalue weighted by Gasteiger charge is 2.25. The Morgan fingerprint density at radius 2 is 2.00 bits per heavy atom. The average Bonchev–Trinajstić information content (AvgIpc) is 3.07. The van der Waals surface area contributed by atoms with Crippen LogP contribution in [0.2, 0.25) is 0 Å². The van der Waals surface area contributed by atoms with Gasteiger partial charge in [-0.2, -0.15) is 0 Å². The fourth-order valence-corrected chi connectivity index (χ4v) is 2.43. The van der Waals surface area contributed by atoms with Crippen molar-refractivity contribution in [2.45, 2.75) is 20.0 Å². The third kappa shape index (κ3) is 4.24. The molecule has 0 unspecified atom stereocenters. The van der Waals surface area contributed by atoms with E-state index in [4.69, 9.17) is 4.74 Å². The number of piperazine rings is 1. The molecule has 1 aromatic heterocycles. The molecule has 1 aliphatic rings. The molecule has 0 aliphatic carbocycles.